The number of hydrogen-bond donors (Lipinski definition) is 4. The van der Waals surface area contributed by atoms with Gasteiger partial charge >= 0.3 is 5.97 Å². The molecule has 2 atom stereocenters. The molecular formula is C35H42N4O4. The van der Waals surface area contributed by atoms with Crippen LogP contribution in [0.2, 0.25) is 0 Å². The molecule has 0 spiro atoms. The van der Waals surface area contributed by atoms with E-state index in [0.717, 1.165) is 48.1 Å². The van der Waals surface area contributed by atoms with Crippen LogP contribution in [0, 0.1) is 11.8 Å². The van der Waals surface area contributed by atoms with Crippen molar-refractivity contribution in [2.45, 2.75) is 64.7 Å². The summed E-state index contributed by atoms with van der Waals surface area (Å²) in [6, 6.07) is 25.3. The number of para-hydroxylation sites is 3. The van der Waals surface area contributed by atoms with Crippen LogP contribution in [0.15, 0.2) is 78.9 Å². The molecule has 0 aliphatic carbocycles. The molecule has 0 saturated carbocycles. The zero-order valence-electron chi connectivity index (χ0n) is 24.9. The van der Waals surface area contributed by atoms with Crippen molar-refractivity contribution >= 4 is 34.5 Å². The molecule has 0 radical (unpaired) electrons. The second kappa shape index (κ2) is 16.2. The van der Waals surface area contributed by atoms with Crippen LogP contribution in [0.4, 0.5) is 5.69 Å². The summed E-state index contributed by atoms with van der Waals surface area (Å²) in [5.74, 6) is -1.81. The van der Waals surface area contributed by atoms with Gasteiger partial charge in [-0.05, 0) is 73.9 Å². The number of aromatic amines is 1. The number of fused-ring (bicyclic) bond motifs is 1. The maximum atomic E-state index is 13.3. The van der Waals surface area contributed by atoms with E-state index in [4.69, 9.17) is 0 Å². The van der Waals surface area contributed by atoms with E-state index >= 15 is 0 Å². The first kappa shape index (κ1) is 31.5. The van der Waals surface area contributed by atoms with E-state index in [0.29, 0.717) is 31.4 Å². The Balaban J connectivity index is 1.34. The van der Waals surface area contributed by atoms with E-state index in [1.165, 1.54) is 5.56 Å². The van der Waals surface area contributed by atoms with E-state index < -0.39 is 17.8 Å². The van der Waals surface area contributed by atoms with Gasteiger partial charge in [0.25, 0.3) is 0 Å². The first-order chi connectivity index (χ1) is 20.9. The molecule has 4 N–H and O–H groups in total. The van der Waals surface area contributed by atoms with Gasteiger partial charge in [0, 0.05) is 18.0 Å². The molecule has 43 heavy (non-hydrogen) atoms. The molecule has 0 aliphatic rings. The Morgan fingerprint density at radius 3 is 2.21 bits per heavy atom. The van der Waals surface area contributed by atoms with Gasteiger partial charge in [-0.25, -0.2) is 4.98 Å². The van der Waals surface area contributed by atoms with E-state index in [1.807, 2.05) is 42.5 Å². The Bertz CT molecular complexity index is 1430. The lowest BCUT2D eigenvalue weighted by molar-refractivity contribution is -0.143. The number of aryl methyl sites for hydroxylation is 3. The quantitative estimate of drug-likeness (QED) is 0.108. The first-order valence-corrected chi connectivity index (χ1v) is 15.3. The predicted molar refractivity (Wildman–Crippen MR) is 170 cm³/mol. The van der Waals surface area contributed by atoms with E-state index in [9.17, 15) is 19.5 Å². The van der Waals surface area contributed by atoms with Gasteiger partial charge in [-0.3, -0.25) is 14.4 Å². The summed E-state index contributed by atoms with van der Waals surface area (Å²) in [5, 5.41) is 15.6. The molecule has 0 bridgehead atoms. The van der Waals surface area contributed by atoms with Crippen LogP contribution in [0.1, 0.15) is 62.4 Å². The molecule has 0 fully saturated rings. The molecule has 226 valence electrons. The van der Waals surface area contributed by atoms with Crippen molar-refractivity contribution in [1.29, 1.82) is 0 Å². The normalized spacial score (nSPS) is 12.5. The number of hydrogen-bond acceptors (Lipinski definition) is 4. The Morgan fingerprint density at radius 2 is 1.51 bits per heavy atom. The number of aromatic nitrogens is 2. The van der Waals surface area contributed by atoms with Gasteiger partial charge in [0.1, 0.15) is 5.82 Å². The highest BCUT2D eigenvalue weighted by Crippen LogP contribution is 2.24. The summed E-state index contributed by atoms with van der Waals surface area (Å²) in [6.07, 6.45) is 6.18. The van der Waals surface area contributed by atoms with Gasteiger partial charge in [0.05, 0.1) is 23.5 Å². The van der Waals surface area contributed by atoms with Gasteiger partial charge in [-0.2, -0.15) is 0 Å². The van der Waals surface area contributed by atoms with Gasteiger partial charge in [0.15, 0.2) is 0 Å². The molecule has 1 aromatic heterocycles. The summed E-state index contributed by atoms with van der Waals surface area (Å²) in [4.78, 5) is 46.0. The van der Waals surface area contributed by atoms with Crippen molar-refractivity contribution in [2.24, 2.45) is 11.8 Å². The molecule has 1 unspecified atom stereocenters. The average molecular weight is 583 g/mol. The van der Waals surface area contributed by atoms with Crippen molar-refractivity contribution in [3.05, 3.63) is 95.8 Å². The van der Waals surface area contributed by atoms with Crippen LogP contribution in [0.25, 0.3) is 11.0 Å². The maximum Gasteiger partial charge on any atom is 0.306 e. The number of carbonyl (C=O) groups excluding carboxylic acids is 2. The molecule has 8 heteroatoms. The summed E-state index contributed by atoms with van der Waals surface area (Å²) in [7, 11) is 0. The van der Waals surface area contributed by atoms with Crippen molar-refractivity contribution in [1.82, 2.24) is 15.3 Å². The number of amides is 2. The van der Waals surface area contributed by atoms with Crippen LogP contribution in [0.5, 0.6) is 0 Å². The minimum atomic E-state index is -0.896. The number of anilines is 1. The molecule has 1 heterocycles. The lowest BCUT2D eigenvalue weighted by Crippen LogP contribution is -2.38. The van der Waals surface area contributed by atoms with Crippen molar-refractivity contribution in [3.63, 3.8) is 0 Å². The fraction of sp³-hybridized carbons (Fsp3) is 0.371. The fourth-order valence-corrected chi connectivity index (χ4v) is 5.39. The highest BCUT2D eigenvalue weighted by Gasteiger charge is 2.27. The predicted octanol–water partition coefficient (Wildman–Crippen LogP) is 6.32. The van der Waals surface area contributed by atoms with Gasteiger partial charge in [-0.1, -0.05) is 74.4 Å². The number of nitrogens with one attached hydrogen (secondary N) is 3. The van der Waals surface area contributed by atoms with E-state index in [1.54, 1.807) is 12.1 Å². The highest BCUT2D eigenvalue weighted by molar-refractivity contribution is 5.94. The minimum Gasteiger partial charge on any atom is -0.481 e. The number of imidazole rings is 1. The van der Waals surface area contributed by atoms with Crippen LogP contribution in [-0.4, -0.2) is 39.4 Å². The molecule has 2 amide bonds. The second-order valence-corrected chi connectivity index (χ2v) is 11.2. The summed E-state index contributed by atoms with van der Waals surface area (Å²) >= 11 is 0. The number of carboxylic acids is 1. The molecule has 3 aromatic carbocycles. The highest BCUT2D eigenvalue weighted by atomic mass is 16.4. The van der Waals surface area contributed by atoms with E-state index in [2.05, 4.69) is 51.8 Å². The lowest BCUT2D eigenvalue weighted by Gasteiger charge is -2.21. The number of unbranched alkanes of at least 4 members (excludes halogenated alkanes) is 1. The first-order valence-electron chi connectivity index (χ1n) is 15.3. The molecule has 4 rings (SSSR count). The van der Waals surface area contributed by atoms with E-state index in [-0.39, 0.29) is 24.8 Å². The smallest absolute Gasteiger partial charge is 0.306 e. The minimum absolute atomic E-state index is 0.175. The van der Waals surface area contributed by atoms with Crippen molar-refractivity contribution in [3.8, 4) is 0 Å². The number of aliphatic carboxylic acids is 1. The Morgan fingerprint density at radius 1 is 0.814 bits per heavy atom. The standard InChI is InChI=1S/C35H42N4O4/c1-2-10-25-17-19-26(20-18-25)21-22-27(34(41)36-24-33(40)37-29-12-4-3-5-13-29)23-28(35(42)43)11-6-9-16-32-38-30-14-7-8-15-31(30)39-32/h3-5,7-8,12-15,17-20,27-28H,2,6,9-11,16,21-24H2,1H3,(H,36,41)(H,37,40)(H,38,39)(H,42,43)/t27-,28?/m1/s1. The van der Waals surface area contributed by atoms with Crippen LogP contribution in [-0.2, 0) is 33.6 Å². The molecular weight excluding hydrogens is 540 g/mol. The Hall–Kier alpha value is -4.46. The monoisotopic (exact) mass is 582 g/mol. The molecule has 8 nitrogen and oxygen atoms in total. The Kier molecular flexibility index (Phi) is 11.9. The third kappa shape index (κ3) is 10.1. The topological polar surface area (TPSA) is 124 Å². The molecule has 0 saturated heterocycles. The number of rotatable bonds is 17. The van der Waals surface area contributed by atoms with Crippen LogP contribution >= 0.6 is 0 Å². The number of benzene rings is 3. The van der Waals surface area contributed by atoms with Gasteiger partial charge < -0.3 is 20.7 Å². The third-order valence-corrected chi connectivity index (χ3v) is 7.77. The maximum absolute atomic E-state index is 13.3. The Labute approximate surface area is 253 Å². The third-order valence-electron chi connectivity index (χ3n) is 7.77. The van der Waals surface area contributed by atoms with Crippen LogP contribution < -0.4 is 10.6 Å². The zero-order chi connectivity index (χ0) is 30.4. The summed E-state index contributed by atoms with van der Waals surface area (Å²) in [5.41, 5.74) is 4.95. The number of H-pyrrole nitrogens is 1. The molecule has 4 aromatic rings. The van der Waals surface area contributed by atoms with Gasteiger partial charge in [0.2, 0.25) is 11.8 Å². The molecule has 0 aliphatic heterocycles. The van der Waals surface area contributed by atoms with Crippen molar-refractivity contribution in [2.75, 3.05) is 11.9 Å². The second-order valence-electron chi connectivity index (χ2n) is 11.2. The summed E-state index contributed by atoms with van der Waals surface area (Å²) < 4.78 is 0. The SMILES string of the molecule is CCCc1ccc(CC[C@H](CC(CCCCc2nc3ccccc3[nH]2)C(=O)O)C(=O)NCC(=O)Nc2ccccc2)cc1. The van der Waals surface area contributed by atoms with Gasteiger partial charge in [-0.15, -0.1) is 0 Å². The van der Waals surface area contributed by atoms with Crippen LogP contribution in [0.3, 0.4) is 0 Å². The fourth-order valence-electron chi connectivity index (χ4n) is 5.39. The summed E-state index contributed by atoms with van der Waals surface area (Å²) in [6.45, 7) is 1.97. The number of nitrogens with zero attached hydrogens (tertiary/aromatic N) is 1. The number of carbonyl (C=O) groups is 3. The average Bonchev–Trinajstić information content (AvgIpc) is 3.43. The number of carboxylic acid groups (broad SMARTS) is 1. The van der Waals surface area contributed by atoms with Crippen molar-refractivity contribution < 1.29 is 19.5 Å². The zero-order valence-corrected chi connectivity index (χ0v) is 24.9. The lowest BCUT2D eigenvalue weighted by atomic mass is 9.86. The largest absolute Gasteiger partial charge is 0.481 e.